The Morgan fingerprint density at radius 3 is 2.48 bits per heavy atom. The highest BCUT2D eigenvalue weighted by Gasteiger charge is 2.24. The SMILES string of the molecule is Cc1cccc(Oc2ccc(NC(=O)C3CCC3)cc2)c1. The molecular weight excluding hydrogens is 262 g/mol. The molecule has 0 aromatic heterocycles. The summed E-state index contributed by atoms with van der Waals surface area (Å²) in [4.78, 5) is 11.9. The molecule has 0 atom stereocenters. The highest BCUT2D eigenvalue weighted by Crippen LogP contribution is 2.28. The van der Waals surface area contributed by atoms with Crippen molar-refractivity contribution in [3.8, 4) is 11.5 Å². The van der Waals surface area contributed by atoms with Crippen LogP contribution < -0.4 is 10.1 Å². The van der Waals surface area contributed by atoms with Crippen LogP contribution in [0.3, 0.4) is 0 Å². The molecular formula is C18H19NO2. The third kappa shape index (κ3) is 3.43. The van der Waals surface area contributed by atoms with E-state index >= 15 is 0 Å². The fourth-order valence-electron chi connectivity index (χ4n) is 2.34. The van der Waals surface area contributed by atoms with Gasteiger partial charge in [-0.3, -0.25) is 4.79 Å². The second-order valence-corrected chi connectivity index (χ2v) is 5.56. The summed E-state index contributed by atoms with van der Waals surface area (Å²) < 4.78 is 5.79. The van der Waals surface area contributed by atoms with Crippen LogP contribution in [0.4, 0.5) is 5.69 Å². The maximum Gasteiger partial charge on any atom is 0.227 e. The predicted molar refractivity (Wildman–Crippen MR) is 83.7 cm³/mol. The minimum Gasteiger partial charge on any atom is -0.457 e. The van der Waals surface area contributed by atoms with Crippen LogP contribution in [-0.2, 0) is 4.79 Å². The van der Waals surface area contributed by atoms with Gasteiger partial charge in [0.15, 0.2) is 0 Å². The van der Waals surface area contributed by atoms with Crippen molar-refractivity contribution in [1.29, 1.82) is 0 Å². The number of rotatable bonds is 4. The van der Waals surface area contributed by atoms with E-state index in [-0.39, 0.29) is 11.8 Å². The van der Waals surface area contributed by atoms with Crippen LogP contribution in [0.1, 0.15) is 24.8 Å². The lowest BCUT2D eigenvalue weighted by Gasteiger charge is -2.24. The zero-order valence-corrected chi connectivity index (χ0v) is 12.1. The smallest absolute Gasteiger partial charge is 0.227 e. The summed E-state index contributed by atoms with van der Waals surface area (Å²) in [5, 5.41) is 2.95. The molecule has 3 heteroatoms. The van der Waals surface area contributed by atoms with E-state index in [1.807, 2.05) is 55.5 Å². The Labute approximate surface area is 124 Å². The predicted octanol–water partition coefficient (Wildman–Crippen LogP) is 4.53. The zero-order valence-electron chi connectivity index (χ0n) is 12.1. The van der Waals surface area contributed by atoms with E-state index in [0.717, 1.165) is 35.6 Å². The highest BCUT2D eigenvalue weighted by molar-refractivity contribution is 5.93. The number of anilines is 1. The van der Waals surface area contributed by atoms with Crippen molar-refractivity contribution in [1.82, 2.24) is 0 Å². The molecule has 0 spiro atoms. The molecule has 0 aliphatic heterocycles. The van der Waals surface area contributed by atoms with Gasteiger partial charge in [-0.05, 0) is 61.7 Å². The Morgan fingerprint density at radius 1 is 1.10 bits per heavy atom. The maximum atomic E-state index is 11.9. The van der Waals surface area contributed by atoms with Crippen LogP contribution in [0.2, 0.25) is 0 Å². The number of hydrogen-bond acceptors (Lipinski definition) is 2. The van der Waals surface area contributed by atoms with Crippen molar-refractivity contribution in [3.05, 3.63) is 54.1 Å². The van der Waals surface area contributed by atoms with Gasteiger partial charge in [0.25, 0.3) is 0 Å². The van der Waals surface area contributed by atoms with E-state index in [2.05, 4.69) is 5.32 Å². The minimum absolute atomic E-state index is 0.133. The van der Waals surface area contributed by atoms with E-state index in [9.17, 15) is 4.79 Å². The van der Waals surface area contributed by atoms with Crippen molar-refractivity contribution in [2.24, 2.45) is 5.92 Å². The minimum atomic E-state index is 0.133. The number of nitrogens with one attached hydrogen (secondary N) is 1. The third-order valence-corrected chi connectivity index (χ3v) is 3.82. The molecule has 1 fully saturated rings. The number of benzene rings is 2. The number of ether oxygens (including phenoxy) is 1. The Hall–Kier alpha value is -2.29. The second-order valence-electron chi connectivity index (χ2n) is 5.56. The molecule has 0 radical (unpaired) electrons. The van der Waals surface area contributed by atoms with Gasteiger partial charge >= 0.3 is 0 Å². The molecule has 1 saturated carbocycles. The Balaban J connectivity index is 1.62. The van der Waals surface area contributed by atoms with E-state index in [1.54, 1.807) is 0 Å². The van der Waals surface area contributed by atoms with Crippen LogP contribution in [0, 0.1) is 12.8 Å². The summed E-state index contributed by atoms with van der Waals surface area (Å²) in [6.45, 7) is 2.03. The molecule has 1 N–H and O–H groups in total. The van der Waals surface area contributed by atoms with Crippen LogP contribution in [0.25, 0.3) is 0 Å². The Bertz CT molecular complexity index is 630. The normalized spacial score (nSPS) is 14.3. The monoisotopic (exact) mass is 281 g/mol. The van der Waals surface area contributed by atoms with Gasteiger partial charge < -0.3 is 10.1 Å². The average molecular weight is 281 g/mol. The lowest BCUT2D eigenvalue weighted by molar-refractivity contribution is -0.122. The molecule has 0 bridgehead atoms. The summed E-state index contributed by atoms with van der Waals surface area (Å²) in [5.74, 6) is 1.92. The summed E-state index contributed by atoms with van der Waals surface area (Å²) in [5.41, 5.74) is 1.99. The number of carbonyl (C=O) groups excluding carboxylic acids is 1. The first-order valence-corrected chi connectivity index (χ1v) is 7.36. The molecule has 1 aliphatic carbocycles. The van der Waals surface area contributed by atoms with Crippen molar-refractivity contribution >= 4 is 11.6 Å². The van der Waals surface area contributed by atoms with Crippen molar-refractivity contribution in [2.75, 3.05) is 5.32 Å². The number of amides is 1. The fraction of sp³-hybridized carbons (Fsp3) is 0.278. The summed E-state index contributed by atoms with van der Waals surface area (Å²) in [6, 6.07) is 15.4. The van der Waals surface area contributed by atoms with Gasteiger partial charge in [0, 0.05) is 11.6 Å². The highest BCUT2D eigenvalue weighted by atomic mass is 16.5. The number of aryl methyl sites for hydroxylation is 1. The lowest BCUT2D eigenvalue weighted by Crippen LogP contribution is -2.27. The van der Waals surface area contributed by atoms with Gasteiger partial charge in [-0.15, -0.1) is 0 Å². The van der Waals surface area contributed by atoms with Gasteiger partial charge in [-0.1, -0.05) is 18.6 Å². The molecule has 1 aliphatic rings. The van der Waals surface area contributed by atoms with Crippen molar-refractivity contribution < 1.29 is 9.53 Å². The van der Waals surface area contributed by atoms with Crippen LogP contribution in [0.15, 0.2) is 48.5 Å². The Morgan fingerprint density at radius 2 is 1.86 bits per heavy atom. The Kier molecular flexibility index (Phi) is 3.91. The van der Waals surface area contributed by atoms with Crippen LogP contribution >= 0.6 is 0 Å². The van der Waals surface area contributed by atoms with Crippen LogP contribution in [-0.4, -0.2) is 5.91 Å². The molecule has 3 nitrogen and oxygen atoms in total. The van der Waals surface area contributed by atoms with Crippen molar-refractivity contribution in [2.45, 2.75) is 26.2 Å². The fourth-order valence-corrected chi connectivity index (χ4v) is 2.34. The first-order valence-electron chi connectivity index (χ1n) is 7.36. The summed E-state index contributed by atoms with van der Waals surface area (Å²) >= 11 is 0. The first-order chi connectivity index (χ1) is 10.2. The number of hydrogen-bond donors (Lipinski definition) is 1. The third-order valence-electron chi connectivity index (χ3n) is 3.82. The largest absolute Gasteiger partial charge is 0.457 e. The molecule has 0 heterocycles. The molecule has 0 saturated heterocycles. The molecule has 1 amide bonds. The van der Waals surface area contributed by atoms with Gasteiger partial charge in [0.05, 0.1) is 0 Å². The first kappa shape index (κ1) is 13.7. The van der Waals surface area contributed by atoms with Crippen molar-refractivity contribution in [3.63, 3.8) is 0 Å². The molecule has 2 aromatic carbocycles. The van der Waals surface area contributed by atoms with E-state index in [4.69, 9.17) is 4.74 Å². The molecule has 3 rings (SSSR count). The maximum absolute atomic E-state index is 11.9. The summed E-state index contributed by atoms with van der Waals surface area (Å²) in [7, 11) is 0. The van der Waals surface area contributed by atoms with E-state index in [0.29, 0.717) is 0 Å². The summed E-state index contributed by atoms with van der Waals surface area (Å²) in [6.07, 6.45) is 3.20. The quantitative estimate of drug-likeness (QED) is 0.894. The number of carbonyl (C=O) groups is 1. The molecule has 0 unspecified atom stereocenters. The van der Waals surface area contributed by atoms with Gasteiger partial charge in [-0.25, -0.2) is 0 Å². The standard InChI is InChI=1S/C18H19NO2/c1-13-4-2-7-17(12-13)21-16-10-8-15(9-11-16)19-18(20)14-5-3-6-14/h2,4,7-12,14H,3,5-6H2,1H3,(H,19,20). The molecule has 21 heavy (non-hydrogen) atoms. The lowest BCUT2D eigenvalue weighted by atomic mass is 9.85. The van der Waals surface area contributed by atoms with Gasteiger partial charge in [0.1, 0.15) is 11.5 Å². The topological polar surface area (TPSA) is 38.3 Å². The van der Waals surface area contributed by atoms with E-state index < -0.39 is 0 Å². The van der Waals surface area contributed by atoms with Crippen LogP contribution in [0.5, 0.6) is 11.5 Å². The van der Waals surface area contributed by atoms with E-state index in [1.165, 1.54) is 6.42 Å². The molecule has 2 aromatic rings. The zero-order chi connectivity index (χ0) is 14.7. The second kappa shape index (κ2) is 6.00. The average Bonchev–Trinajstić information content (AvgIpc) is 2.39. The van der Waals surface area contributed by atoms with Gasteiger partial charge in [-0.2, -0.15) is 0 Å². The molecule has 108 valence electrons. The van der Waals surface area contributed by atoms with Gasteiger partial charge in [0.2, 0.25) is 5.91 Å².